The summed E-state index contributed by atoms with van der Waals surface area (Å²) in [5.41, 5.74) is 3.01. The van der Waals surface area contributed by atoms with E-state index in [0.717, 1.165) is 5.56 Å². The van der Waals surface area contributed by atoms with Crippen LogP contribution in [0.1, 0.15) is 5.56 Å². The minimum absolute atomic E-state index is 0.120. The van der Waals surface area contributed by atoms with Crippen molar-refractivity contribution < 1.29 is 24.0 Å². The van der Waals surface area contributed by atoms with Crippen LogP contribution in [-0.4, -0.2) is 28.5 Å². The third kappa shape index (κ3) is 7.03. The number of hydrogen-bond donors (Lipinski definition) is 4. The zero-order chi connectivity index (χ0) is 13.4. The highest BCUT2D eigenvalue weighted by Gasteiger charge is 2.12. The molecule has 0 unspecified atom stereocenters. The Morgan fingerprint density at radius 1 is 1.28 bits per heavy atom. The van der Waals surface area contributed by atoms with Gasteiger partial charge in [0.1, 0.15) is 0 Å². The number of rotatable bonds is 6. The first-order chi connectivity index (χ1) is 8.47. The second kappa shape index (κ2) is 7.13. The van der Waals surface area contributed by atoms with Crippen molar-refractivity contribution in [3.8, 4) is 0 Å². The van der Waals surface area contributed by atoms with Crippen LogP contribution in [0.5, 0.6) is 0 Å². The van der Waals surface area contributed by atoms with Gasteiger partial charge in [0, 0.05) is 6.54 Å². The Labute approximate surface area is 104 Å². The monoisotopic (exact) mass is 274 g/mol. The van der Waals surface area contributed by atoms with Crippen molar-refractivity contribution in [2.24, 2.45) is 0 Å². The molecule has 1 aromatic rings. The van der Waals surface area contributed by atoms with Crippen LogP contribution in [0.25, 0.3) is 0 Å². The van der Waals surface area contributed by atoms with Gasteiger partial charge in [0.15, 0.2) is 0 Å². The highest BCUT2D eigenvalue weighted by atomic mass is 31.2. The van der Waals surface area contributed by atoms with Crippen LogP contribution >= 0.6 is 7.60 Å². The molecule has 0 bridgehead atoms. The molecule has 1 aromatic carbocycles. The van der Waals surface area contributed by atoms with Crippen LogP contribution in [0, 0.1) is 0 Å². The minimum Gasteiger partial charge on any atom is -0.336 e. The molecule has 18 heavy (non-hydrogen) atoms. The van der Waals surface area contributed by atoms with Crippen molar-refractivity contribution in [1.29, 1.82) is 0 Å². The second-order valence-electron chi connectivity index (χ2n) is 3.52. The summed E-state index contributed by atoms with van der Waals surface area (Å²) in [6.07, 6.45) is -0.404. The normalized spacial score (nSPS) is 11.0. The van der Waals surface area contributed by atoms with Crippen LogP contribution in [0.3, 0.4) is 0 Å². The van der Waals surface area contributed by atoms with Gasteiger partial charge in [0.25, 0.3) is 0 Å². The Balaban J connectivity index is 2.12. The molecular weight excluding hydrogens is 259 g/mol. The van der Waals surface area contributed by atoms with E-state index in [4.69, 9.17) is 14.6 Å². The van der Waals surface area contributed by atoms with Crippen LogP contribution in [0.4, 0.5) is 4.79 Å². The summed E-state index contributed by atoms with van der Waals surface area (Å²) in [6, 6.07) is 8.60. The summed E-state index contributed by atoms with van der Waals surface area (Å²) in [5.74, 6) is 0. The first kappa shape index (κ1) is 14.7. The molecule has 2 amide bonds. The Morgan fingerprint density at radius 2 is 1.94 bits per heavy atom. The average molecular weight is 274 g/mol. The fourth-order valence-electron chi connectivity index (χ4n) is 1.11. The number of carbonyl (C=O) groups is 1. The molecule has 0 fully saturated rings. The molecular formula is C10H15N2O5P. The van der Waals surface area contributed by atoms with Crippen molar-refractivity contribution >= 4 is 13.6 Å². The molecule has 0 heterocycles. The predicted octanol–water partition coefficient (Wildman–Crippen LogP) is 0.595. The predicted molar refractivity (Wildman–Crippen MR) is 64.7 cm³/mol. The van der Waals surface area contributed by atoms with Crippen molar-refractivity contribution in [2.45, 2.75) is 6.61 Å². The maximum Gasteiger partial charge on any atom is 0.338 e. The fourth-order valence-corrected chi connectivity index (χ4v) is 1.51. The quantitative estimate of drug-likeness (QED) is 0.448. The minimum atomic E-state index is -4.08. The molecule has 0 atom stereocenters. The molecule has 8 heteroatoms. The summed E-state index contributed by atoms with van der Waals surface area (Å²) in [7, 11) is -4.08. The maximum atomic E-state index is 11.1. The number of hydroxylamine groups is 1. The van der Waals surface area contributed by atoms with E-state index in [9.17, 15) is 9.36 Å². The number of carbonyl (C=O) groups excluding carboxylic acids is 1. The van der Waals surface area contributed by atoms with E-state index in [0.29, 0.717) is 0 Å². The summed E-state index contributed by atoms with van der Waals surface area (Å²) >= 11 is 0. The first-order valence-corrected chi connectivity index (χ1v) is 7.01. The number of amides is 2. The first-order valence-electron chi connectivity index (χ1n) is 5.21. The number of benzene rings is 1. The third-order valence-electron chi connectivity index (χ3n) is 1.94. The van der Waals surface area contributed by atoms with E-state index < -0.39 is 19.8 Å². The zero-order valence-electron chi connectivity index (χ0n) is 9.57. The number of nitrogens with one attached hydrogen (secondary N) is 2. The molecule has 4 N–H and O–H groups in total. The van der Waals surface area contributed by atoms with Crippen molar-refractivity contribution in [1.82, 2.24) is 10.8 Å². The molecule has 1 rings (SSSR count). The highest BCUT2D eigenvalue weighted by molar-refractivity contribution is 7.51. The van der Waals surface area contributed by atoms with Gasteiger partial charge in [-0.1, -0.05) is 30.3 Å². The SMILES string of the molecule is O=C(NCCP(=O)(O)O)NOCc1ccccc1. The highest BCUT2D eigenvalue weighted by Crippen LogP contribution is 2.32. The van der Waals surface area contributed by atoms with E-state index in [1.165, 1.54) is 0 Å². The van der Waals surface area contributed by atoms with Crippen molar-refractivity contribution in [2.75, 3.05) is 12.7 Å². The molecule has 0 spiro atoms. The van der Waals surface area contributed by atoms with Crippen LogP contribution < -0.4 is 10.8 Å². The molecule has 7 nitrogen and oxygen atoms in total. The van der Waals surface area contributed by atoms with Gasteiger partial charge in [-0.2, -0.15) is 0 Å². The standard InChI is InChI=1S/C10H15N2O5P/c13-10(11-6-7-18(14,15)16)12-17-8-9-4-2-1-3-5-9/h1-5H,6-8H2,(H2,11,12,13)(H2,14,15,16). The number of hydrogen-bond acceptors (Lipinski definition) is 3. The lowest BCUT2D eigenvalue weighted by atomic mass is 10.2. The van der Waals surface area contributed by atoms with Crippen molar-refractivity contribution in [3.63, 3.8) is 0 Å². The summed E-state index contributed by atoms with van der Waals surface area (Å²) in [5, 5.41) is 2.26. The Kier molecular flexibility index (Phi) is 5.80. The van der Waals surface area contributed by atoms with E-state index in [2.05, 4.69) is 10.8 Å². The van der Waals surface area contributed by atoms with E-state index >= 15 is 0 Å². The van der Waals surface area contributed by atoms with Gasteiger partial charge in [-0.05, 0) is 5.56 Å². The topological polar surface area (TPSA) is 108 Å². The molecule has 0 aliphatic rings. The average Bonchev–Trinajstić information content (AvgIpc) is 2.28. The molecule has 0 aliphatic heterocycles. The molecule has 0 saturated carbocycles. The van der Waals surface area contributed by atoms with Gasteiger partial charge in [-0.3, -0.25) is 9.40 Å². The Hall–Kier alpha value is -1.40. The van der Waals surface area contributed by atoms with Gasteiger partial charge >= 0.3 is 13.6 Å². The second-order valence-corrected chi connectivity index (χ2v) is 5.30. The van der Waals surface area contributed by atoms with E-state index in [1.54, 1.807) is 0 Å². The van der Waals surface area contributed by atoms with E-state index in [-0.39, 0.29) is 13.2 Å². The Morgan fingerprint density at radius 3 is 2.56 bits per heavy atom. The molecule has 0 radical (unpaired) electrons. The van der Waals surface area contributed by atoms with Gasteiger partial charge in [0.2, 0.25) is 0 Å². The fraction of sp³-hybridized carbons (Fsp3) is 0.300. The lowest BCUT2D eigenvalue weighted by Crippen LogP contribution is -2.36. The number of urea groups is 1. The Bertz CT molecular complexity index is 420. The summed E-state index contributed by atoms with van der Waals surface area (Å²) < 4.78 is 10.5. The van der Waals surface area contributed by atoms with Gasteiger partial charge < -0.3 is 15.1 Å². The lowest BCUT2D eigenvalue weighted by molar-refractivity contribution is 0.0492. The molecule has 0 saturated heterocycles. The maximum absolute atomic E-state index is 11.1. The molecule has 0 aliphatic carbocycles. The smallest absolute Gasteiger partial charge is 0.336 e. The van der Waals surface area contributed by atoms with Crippen molar-refractivity contribution in [3.05, 3.63) is 35.9 Å². The summed E-state index contributed by atoms with van der Waals surface area (Å²) in [4.78, 5) is 33.2. The van der Waals surface area contributed by atoms with Gasteiger partial charge in [0.05, 0.1) is 12.8 Å². The molecule has 0 aromatic heterocycles. The van der Waals surface area contributed by atoms with Crippen LogP contribution in [0.15, 0.2) is 30.3 Å². The lowest BCUT2D eigenvalue weighted by Gasteiger charge is -2.08. The molecule has 100 valence electrons. The summed E-state index contributed by atoms with van der Waals surface area (Å²) in [6.45, 7) is 0.0948. The largest absolute Gasteiger partial charge is 0.338 e. The van der Waals surface area contributed by atoms with Crippen LogP contribution in [-0.2, 0) is 16.0 Å². The van der Waals surface area contributed by atoms with Gasteiger partial charge in [-0.25, -0.2) is 10.3 Å². The van der Waals surface area contributed by atoms with Gasteiger partial charge in [-0.15, -0.1) is 0 Å². The third-order valence-corrected chi connectivity index (χ3v) is 2.74. The van der Waals surface area contributed by atoms with Crippen LogP contribution in [0.2, 0.25) is 0 Å². The zero-order valence-corrected chi connectivity index (χ0v) is 10.5. The van der Waals surface area contributed by atoms with E-state index in [1.807, 2.05) is 30.3 Å².